The van der Waals surface area contributed by atoms with E-state index in [0.29, 0.717) is 16.8 Å². The van der Waals surface area contributed by atoms with Gasteiger partial charge in [0.2, 0.25) is 5.91 Å². The highest BCUT2D eigenvalue weighted by Crippen LogP contribution is 2.56. The third kappa shape index (κ3) is 3.55. The maximum atomic E-state index is 13.5. The number of fused-ring (bicyclic) bond motifs is 3. The zero-order valence-electron chi connectivity index (χ0n) is 18.3. The lowest BCUT2D eigenvalue weighted by Crippen LogP contribution is -2.63. The summed E-state index contributed by atoms with van der Waals surface area (Å²) in [5.41, 5.74) is 1.69. The van der Waals surface area contributed by atoms with E-state index in [9.17, 15) is 18.0 Å². The Morgan fingerprint density at radius 3 is 2.58 bits per heavy atom. The first-order valence-corrected chi connectivity index (χ1v) is 11.8. The van der Waals surface area contributed by atoms with Gasteiger partial charge in [-0.05, 0) is 56.4 Å². The van der Waals surface area contributed by atoms with Crippen molar-refractivity contribution in [2.75, 3.05) is 13.1 Å². The van der Waals surface area contributed by atoms with Crippen molar-refractivity contribution in [1.29, 1.82) is 0 Å². The predicted molar refractivity (Wildman–Crippen MR) is 115 cm³/mol. The first kappa shape index (κ1) is 21.4. The molecule has 1 aromatic heterocycles. The first-order valence-electron chi connectivity index (χ1n) is 11.5. The summed E-state index contributed by atoms with van der Waals surface area (Å²) < 4.78 is 42.5. The van der Waals surface area contributed by atoms with E-state index in [-0.39, 0.29) is 30.3 Å². The van der Waals surface area contributed by atoms with Crippen molar-refractivity contribution in [1.82, 2.24) is 24.6 Å². The van der Waals surface area contributed by atoms with Gasteiger partial charge in [0.05, 0.1) is 12.2 Å². The second-order valence-electron chi connectivity index (χ2n) is 10.3. The van der Waals surface area contributed by atoms with Gasteiger partial charge in [-0.25, -0.2) is 0 Å². The van der Waals surface area contributed by atoms with E-state index >= 15 is 0 Å². The molecule has 1 spiro atoms. The SMILES string of the molecule is CC(N1Cc2cc(Cl)ccc2-n2c(nnc2C2CC3(C2)CN(C(=O)C2CC2)C3)C1)C(F)(F)F. The number of nitrogens with zero attached hydrogens (tertiary/aromatic N) is 5. The second-order valence-corrected chi connectivity index (χ2v) is 10.7. The van der Waals surface area contributed by atoms with Crippen molar-refractivity contribution in [2.24, 2.45) is 11.3 Å². The Morgan fingerprint density at radius 1 is 1.18 bits per heavy atom. The minimum Gasteiger partial charge on any atom is -0.341 e. The van der Waals surface area contributed by atoms with Crippen LogP contribution < -0.4 is 0 Å². The van der Waals surface area contributed by atoms with Crippen LogP contribution >= 0.6 is 11.6 Å². The summed E-state index contributed by atoms with van der Waals surface area (Å²) in [7, 11) is 0. The highest BCUT2D eigenvalue weighted by molar-refractivity contribution is 6.30. The van der Waals surface area contributed by atoms with E-state index in [4.69, 9.17) is 11.6 Å². The van der Waals surface area contributed by atoms with E-state index in [0.717, 1.165) is 55.8 Å². The number of amides is 1. The van der Waals surface area contributed by atoms with Crippen LogP contribution in [0.15, 0.2) is 18.2 Å². The number of halogens is 4. The van der Waals surface area contributed by atoms with Gasteiger partial charge in [0.15, 0.2) is 5.82 Å². The zero-order chi connectivity index (χ0) is 23.1. The normalized spacial score (nSPS) is 23.4. The van der Waals surface area contributed by atoms with Gasteiger partial charge in [0.1, 0.15) is 11.9 Å². The van der Waals surface area contributed by atoms with Gasteiger partial charge in [-0.3, -0.25) is 14.3 Å². The first-order chi connectivity index (χ1) is 15.6. The highest BCUT2D eigenvalue weighted by Gasteiger charge is 2.56. The molecule has 6 rings (SSSR count). The van der Waals surface area contributed by atoms with Gasteiger partial charge in [0, 0.05) is 41.9 Å². The quantitative estimate of drug-likeness (QED) is 0.658. The standard InChI is InChI=1S/C23H25ClF3N5O/c1-13(23(25,26)27)30-9-15-6-17(24)4-5-18(15)32-19(10-30)28-29-20(32)16-7-22(8-16)11-31(12-22)21(33)14-2-3-14/h4-6,13-14,16H,2-3,7-12H2,1H3. The number of rotatable bonds is 3. The minimum absolute atomic E-state index is 0.0571. The molecule has 2 saturated carbocycles. The van der Waals surface area contributed by atoms with Gasteiger partial charge >= 0.3 is 6.18 Å². The fourth-order valence-corrected chi connectivity index (χ4v) is 5.92. The summed E-state index contributed by atoms with van der Waals surface area (Å²) >= 11 is 6.21. The van der Waals surface area contributed by atoms with Crippen molar-refractivity contribution in [3.8, 4) is 5.69 Å². The molecule has 2 aliphatic heterocycles. The summed E-state index contributed by atoms with van der Waals surface area (Å²) in [6.07, 6.45) is -0.462. The third-order valence-electron chi connectivity index (χ3n) is 7.79. The van der Waals surface area contributed by atoms with Crippen LogP contribution in [-0.4, -0.2) is 55.8 Å². The van der Waals surface area contributed by atoms with Crippen molar-refractivity contribution in [3.63, 3.8) is 0 Å². The van der Waals surface area contributed by atoms with Crippen molar-refractivity contribution in [2.45, 2.75) is 63.8 Å². The van der Waals surface area contributed by atoms with Crippen LogP contribution in [0.25, 0.3) is 5.69 Å². The summed E-state index contributed by atoms with van der Waals surface area (Å²) in [5.74, 6) is 2.04. The summed E-state index contributed by atoms with van der Waals surface area (Å²) in [5, 5.41) is 9.26. The molecule has 3 heterocycles. The fourth-order valence-electron chi connectivity index (χ4n) is 5.73. The van der Waals surface area contributed by atoms with Crippen LogP contribution in [0.3, 0.4) is 0 Å². The topological polar surface area (TPSA) is 54.3 Å². The molecule has 6 nitrogen and oxygen atoms in total. The lowest BCUT2D eigenvalue weighted by atomic mass is 9.57. The number of likely N-dealkylation sites (tertiary alicyclic amines) is 1. The molecule has 33 heavy (non-hydrogen) atoms. The van der Waals surface area contributed by atoms with E-state index in [1.165, 1.54) is 11.8 Å². The highest BCUT2D eigenvalue weighted by atomic mass is 35.5. The Labute approximate surface area is 194 Å². The van der Waals surface area contributed by atoms with Gasteiger partial charge in [0.25, 0.3) is 0 Å². The van der Waals surface area contributed by atoms with Crippen LogP contribution in [0.5, 0.6) is 0 Å². The van der Waals surface area contributed by atoms with Crippen molar-refractivity contribution in [3.05, 3.63) is 40.4 Å². The molecule has 1 unspecified atom stereocenters. The third-order valence-corrected chi connectivity index (χ3v) is 8.03. The molecule has 2 aromatic rings. The molecule has 1 aromatic carbocycles. The lowest BCUT2D eigenvalue weighted by molar-refractivity contribution is -0.182. The smallest absolute Gasteiger partial charge is 0.341 e. The molecular formula is C23H25ClF3N5O. The maximum Gasteiger partial charge on any atom is 0.403 e. The van der Waals surface area contributed by atoms with Gasteiger partial charge in [-0.2, -0.15) is 13.2 Å². The summed E-state index contributed by atoms with van der Waals surface area (Å²) in [6.45, 7) is 2.98. The Hall–Kier alpha value is -2.13. The van der Waals surface area contributed by atoms with Crippen molar-refractivity contribution >= 4 is 17.5 Å². The monoisotopic (exact) mass is 479 g/mol. The molecule has 10 heteroatoms. The molecule has 0 N–H and O–H groups in total. The molecule has 1 amide bonds. The Kier molecular flexibility index (Phi) is 4.66. The molecule has 3 fully saturated rings. The number of carbonyl (C=O) groups excluding carboxylic acids is 1. The Morgan fingerprint density at radius 2 is 1.91 bits per heavy atom. The Bertz CT molecular complexity index is 1110. The number of benzene rings is 1. The zero-order valence-corrected chi connectivity index (χ0v) is 19.0. The lowest BCUT2D eigenvalue weighted by Gasteiger charge is -2.58. The molecule has 1 saturated heterocycles. The molecule has 4 aliphatic rings. The number of hydrogen-bond acceptors (Lipinski definition) is 4. The van der Waals surface area contributed by atoms with E-state index in [1.807, 2.05) is 15.5 Å². The van der Waals surface area contributed by atoms with Gasteiger partial charge in [-0.15, -0.1) is 10.2 Å². The average molecular weight is 480 g/mol. The van der Waals surface area contributed by atoms with E-state index in [1.54, 1.807) is 12.1 Å². The summed E-state index contributed by atoms with van der Waals surface area (Å²) in [4.78, 5) is 15.6. The fraction of sp³-hybridized carbons (Fsp3) is 0.609. The van der Waals surface area contributed by atoms with Gasteiger partial charge < -0.3 is 4.90 Å². The van der Waals surface area contributed by atoms with Crippen LogP contribution in [0, 0.1) is 11.3 Å². The van der Waals surface area contributed by atoms with Gasteiger partial charge in [-0.1, -0.05) is 11.6 Å². The van der Waals surface area contributed by atoms with Crippen LogP contribution in [0.1, 0.15) is 55.7 Å². The molecule has 0 radical (unpaired) electrons. The van der Waals surface area contributed by atoms with Crippen LogP contribution in [0.4, 0.5) is 13.2 Å². The van der Waals surface area contributed by atoms with Crippen LogP contribution in [0.2, 0.25) is 5.02 Å². The minimum atomic E-state index is -4.34. The molecular weight excluding hydrogens is 455 g/mol. The number of hydrogen-bond donors (Lipinski definition) is 0. The van der Waals surface area contributed by atoms with Crippen molar-refractivity contribution < 1.29 is 18.0 Å². The molecule has 1 atom stereocenters. The Balaban J connectivity index is 1.27. The van der Waals surface area contributed by atoms with Crippen LogP contribution in [-0.2, 0) is 17.9 Å². The largest absolute Gasteiger partial charge is 0.403 e. The summed E-state index contributed by atoms with van der Waals surface area (Å²) in [6, 6.07) is 3.73. The van der Waals surface area contributed by atoms with E-state index < -0.39 is 12.2 Å². The number of aromatic nitrogens is 3. The average Bonchev–Trinajstić information content (AvgIpc) is 3.48. The number of carbonyl (C=O) groups is 1. The molecule has 0 bridgehead atoms. The number of alkyl halides is 3. The van der Waals surface area contributed by atoms with E-state index in [2.05, 4.69) is 10.2 Å². The maximum absolute atomic E-state index is 13.5. The molecule has 176 valence electrons. The predicted octanol–water partition coefficient (Wildman–Crippen LogP) is 4.30. The second kappa shape index (κ2) is 7.18. The molecule has 2 aliphatic carbocycles.